The molecule has 2 amide bonds. The Morgan fingerprint density at radius 1 is 1.29 bits per heavy atom. The van der Waals surface area contributed by atoms with E-state index in [0.29, 0.717) is 18.3 Å². The molecule has 2 aromatic heterocycles. The molecule has 0 aliphatic carbocycles. The van der Waals surface area contributed by atoms with Gasteiger partial charge >= 0.3 is 0 Å². The first-order chi connectivity index (χ1) is 14.8. The summed E-state index contributed by atoms with van der Waals surface area (Å²) < 4.78 is 5.99. The summed E-state index contributed by atoms with van der Waals surface area (Å²) in [4.78, 5) is 31.8. The van der Waals surface area contributed by atoms with Crippen molar-refractivity contribution in [1.82, 2.24) is 24.9 Å². The number of carbonyl (C=O) groups excluding carboxylic acids is 2. The maximum atomic E-state index is 12.7. The smallest absolute Gasteiger partial charge is 0.263 e. The van der Waals surface area contributed by atoms with E-state index in [4.69, 9.17) is 4.42 Å². The van der Waals surface area contributed by atoms with Gasteiger partial charge in [-0.3, -0.25) is 14.5 Å². The van der Waals surface area contributed by atoms with Crippen molar-refractivity contribution in [1.29, 1.82) is 0 Å². The summed E-state index contributed by atoms with van der Waals surface area (Å²) in [5, 5.41) is 10.5. The molecule has 2 aliphatic rings. The lowest BCUT2D eigenvalue weighted by molar-refractivity contribution is -0.130. The summed E-state index contributed by atoms with van der Waals surface area (Å²) in [6, 6.07) is 3.74. The minimum absolute atomic E-state index is 0.0515. The van der Waals surface area contributed by atoms with Crippen molar-refractivity contribution in [3.63, 3.8) is 0 Å². The minimum atomic E-state index is -0.0663. The van der Waals surface area contributed by atoms with Gasteiger partial charge in [0.15, 0.2) is 0 Å². The zero-order chi connectivity index (χ0) is 22.2. The number of rotatable bonds is 5. The molecule has 0 N–H and O–H groups in total. The van der Waals surface area contributed by atoms with Crippen molar-refractivity contribution in [2.24, 2.45) is 5.41 Å². The second-order valence-electron chi connectivity index (χ2n) is 9.32. The SMILES string of the molecule is CC(C)c1nnc(C2CC3(CCN(C(=O)c4cccs4)CC3)CN2CC(=O)N(C)C)o1. The number of nitrogens with zero attached hydrogens (tertiary/aromatic N) is 5. The second-order valence-corrected chi connectivity index (χ2v) is 10.3. The molecule has 0 radical (unpaired) electrons. The lowest BCUT2D eigenvalue weighted by Crippen LogP contribution is -2.44. The molecule has 0 aromatic carbocycles. The van der Waals surface area contributed by atoms with Crippen LogP contribution in [0.3, 0.4) is 0 Å². The summed E-state index contributed by atoms with van der Waals surface area (Å²) in [6.07, 6.45) is 2.70. The Morgan fingerprint density at radius 3 is 2.61 bits per heavy atom. The van der Waals surface area contributed by atoms with Gasteiger partial charge in [-0.15, -0.1) is 21.5 Å². The Bertz CT molecular complexity index is 915. The predicted octanol–water partition coefficient (Wildman–Crippen LogP) is 3.01. The Kier molecular flexibility index (Phi) is 6.16. The van der Waals surface area contributed by atoms with Gasteiger partial charge in [0.05, 0.1) is 17.5 Å². The van der Waals surface area contributed by atoms with Gasteiger partial charge in [-0.2, -0.15) is 0 Å². The van der Waals surface area contributed by atoms with Crippen LogP contribution in [0.5, 0.6) is 0 Å². The van der Waals surface area contributed by atoms with Gasteiger partial charge in [0.25, 0.3) is 5.91 Å². The van der Waals surface area contributed by atoms with Crippen LogP contribution in [0.1, 0.15) is 66.5 Å². The van der Waals surface area contributed by atoms with Crippen LogP contribution in [0.4, 0.5) is 0 Å². The standard InChI is InChI=1S/C22H31N5O3S/c1-15(2)19-23-24-20(30-19)16-12-22(14-27(16)13-18(28)25(3)4)7-9-26(10-8-22)21(29)17-6-5-11-31-17/h5-6,11,15-16H,7-10,12-14H2,1-4H3. The molecule has 0 bridgehead atoms. The first-order valence-electron chi connectivity index (χ1n) is 10.9. The third-order valence-corrected chi connectivity index (χ3v) is 7.38. The highest BCUT2D eigenvalue weighted by Gasteiger charge is 2.48. The zero-order valence-corrected chi connectivity index (χ0v) is 19.5. The summed E-state index contributed by atoms with van der Waals surface area (Å²) >= 11 is 1.49. The van der Waals surface area contributed by atoms with Crippen LogP contribution in [0.25, 0.3) is 0 Å². The average Bonchev–Trinajstić information content (AvgIpc) is 3.48. The van der Waals surface area contributed by atoms with Gasteiger partial charge < -0.3 is 14.2 Å². The topological polar surface area (TPSA) is 82.8 Å². The predicted molar refractivity (Wildman–Crippen MR) is 118 cm³/mol. The maximum absolute atomic E-state index is 12.7. The van der Waals surface area contributed by atoms with Crippen molar-refractivity contribution < 1.29 is 14.0 Å². The Labute approximate surface area is 187 Å². The Balaban J connectivity index is 1.50. The molecule has 9 heteroatoms. The largest absolute Gasteiger partial charge is 0.423 e. The third-order valence-electron chi connectivity index (χ3n) is 6.52. The van der Waals surface area contributed by atoms with E-state index < -0.39 is 0 Å². The first kappa shape index (κ1) is 22.0. The monoisotopic (exact) mass is 445 g/mol. The number of thiophene rings is 1. The van der Waals surface area contributed by atoms with Crippen LogP contribution in [0, 0.1) is 5.41 Å². The van der Waals surface area contributed by atoms with Crippen LogP contribution in [-0.4, -0.2) is 77.0 Å². The molecule has 1 spiro atoms. The molecule has 4 heterocycles. The minimum Gasteiger partial charge on any atom is -0.423 e. The molecule has 0 saturated carbocycles. The molecule has 2 saturated heterocycles. The van der Waals surface area contributed by atoms with E-state index in [-0.39, 0.29) is 29.2 Å². The van der Waals surface area contributed by atoms with Crippen molar-refractivity contribution in [2.75, 3.05) is 40.3 Å². The van der Waals surface area contributed by atoms with Gasteiger partial charge in [0, 0.05) is 39.6 Å². The number of aromatic nitrogens is 2. The molecule has 2 fully saturated rings. The highest BCUT2D eigenvalue weighted by molar-refractivity contribution is 7.12. The van der Waals surface area contributed by atoms with E-state index in [1.807, 2.05) is 36.3 Å². The number of hydrogen-bond donors (Lipinski definition) is 0. The number of likely N-dealkylation sites (N-methyl/N-ethyl adjacent to an activating group) is 1. The van der Waals surface area contributed by atoms with Gasteiger partial charge in [0.1, 0.15) is 0 Å². The number of likely N-dealkylation sites (tertiary alicyclic amines) is 2. The van der Waals surface area contributed by atoms with Gasteiger partial charge in [-0.25, -0.2) is 0 Å². The molecule has 4 rings (SSSR count). The number of hydrogen-bond acceptors (Lipinski definition) is 7. The van der Waals surface area contributed by atoms with Crippen LogP contribution in [-0.2, 0) is 4.79 Å². The lowest BCUT2D eigenvalue weighted by atomic mass is 9.76. The maximum Gasteiger partial charge on any atom is 0.263 e. The average molecular weight is 446 g/mol. The summed E-state index contributed by atoms with van der Waals surface area (Å²) in [5.41, 5.74) is 0.0515. The third kappa shape index (κ3) is 4.52. The van der Waals surface area contributed by atoms with Crippen molar-refractivity contribution >= 4 is 23.2 Å². The van der Waals surface area contributed by atoms with Crippen LogP contribution >= 0.6 is 11.3 Å². The molecule has 1 atom stereocenters. The highest BCUT2D eigenvalue weighted by atomic mass is 32.1. The van der Waals surface area contributed by atoms with Crippen LogP contribution < -0.4 is 0 Å². The molecular weight excluding hydrogens is 414 g/mol. The van der Waals surface area contributed by atoms with E-state index in [9.17, 15) is 9.59 Å². The fourth-order valence-corrected chi connectivity index (χ4v) is 5.28. The normalized spacial score (nSPS) is 21.2. The number of piperidine rings is 1. The Morgan fingerprint density at radius 2 is 2.03 bits per heavy atom. The van der Waals surface area contributed by atoms with Gasteiger partial charge in [-0.05, 0) is 36.1 Å². The van der Waals surface area contributed by atoms with Crippen LogP contribution in [0.2, 0.25) is 0 Å². The molecule has 8 nitrogen and oxygen atoms in total. The molecule has 2 aliphatic heterocycles. The van der Waals surface area contributed by atoms with Crippen molar-refractivity contribution in [3.05, 3.63) is 34.2 Å². The summed E-state index contributed by atoms with van der Waals surface area (Å²) in [5.74, 6) is 1.59. The summed E-state index contributed by atoms with van der Waals surface area (Å²) in [7, 11) is 3.56. The fourth-order valence-electron chi connectivity index (χ4n) is 4.59. The number of amides is 2. The van der Waals surface area contributed by atoms with E-state index in [2.05, 4.69) is 15.1 Å². The molecular formula is C22H31N5O3S. The molecule has 168 valence electrons. The zero-order valence-electron chi connectivity index (χ0n) is 18.7. The van der Waals surface area contributed by atoms with E-state index in [0.717, 1.165) is 43.8 Å². The molecule has 31 heavy (non-hydrogen) atoms. The second kappa shape index (κ2) is 8.70. The van der Waals surface area contributed by atoms with Crippen LogP contribution in [0.15, 0.2) is 21.9 Å². The fraction of sp³-hybridized carbons (Fsp3) is 0.636. The van der Waals surface area contributed by atoms with Gasteiger partial charge in [-0.1, -0.05) is 19.9 Å². The first-order valence-corrected chi connectivity index (χ1v) is 11.8. The number of carbonyl (C=O) groups is 2. The quantitative estimate of drug-likeness (QED) is 0.704. The summed E-state index contributed by atoms with van der Waals surface area (Å²) in [6.45, 7) is 6.66. The van der Waals surface area contributed by atoms with E-state index in [1.165, 1.54) is 11.3 Å². The lowest BCUT2D eigenvalue weighted by Gasteiger charge is -2.39. The molecule has 2 aromatic rings. The highest BCUT2D eigenvalue weighted by Crippen LogP contribution is 2.49. The van der Waals surface area contributed by atoms with E-state index >= 15 is 0 Å². The Hall–Kier alpha value is -2.26. The van der Waals surface area contributed by atoms with Gasteiger partial charge in [0.2, 0.25) is 17.7 Å². The van der Waals surface area contributed by atoms with E-state index in [1.54, 1.807) is 19.0 Å². The van der Waals surface area contributed by atoms with Crippen molar-refractivity contribution in [2.45, 2.75) is 45.1 Å². The van der Waals surface area contributed by atoms with Crippen molar-refractivity contribution in [3.8, 4) is 0 Å². The molecule has 1 unspecified atom stereocenters.